The van der Waals surface area contributed by atoms with E-state index in [2.05, 4.69) is 16.7 Å². The second-order valence-electron chi connectivity index (χ2n) is 5.63. The first-order valence-electron chi connectivity index (χ1n) is 7.58. The molecule has 0 aromatic heterocycles. The summed E-state index contributed by atoms with van der Waals surface area (Å²) in [7, 11) is 3.55. The van der Waals surface area contributed by atoms with Crippen LogP contribution in [0.5, 0.6) is 5.75 Å². The summed E-state index contributed by atoms with van der Waals surface area (Å²) in [5.74, 6) is 0.720. The first-order chi connectivity index (χ1) is 10.5. The van der Waals surface area contributed by atoms with Gasteiger partial charge in [0.25, 0.3) is 0 Å². The number of rotatable bonds is 6. The van der Waals surface area contributed by atoms with E-state index >= 15 is 0 Å². The van der Waals surface area contributed by atoms with Gasteiger partial charge in [-0.15, -0.1) is 0 Å². The number of ether oxygens (including phenoxy) is 1. The number of benzene rings is 2. The minimum absolute atomic E-state index is 0.0509. The van der Waals surface area contributed by atoms with Crippen LogP contribution in [0, 0.1) is 0 Å². The molecule has 0 radical (unpaired) electrons. The average molecular weight is 300 g/mol. The van der Waals surface area contributed by atoms with Crippen molar-refractivity contribution in [3.05, 3.63) is 42.0 Å². The zero-order valence-electron chi connectivity index (χ0n) is 13.6. The van der Waals surface area contributed by atoms with Crippen LogP contribution in [-0.2, 0) is 4.79 Å². The maximum Gasteiger partial charge on any atom is 0.227 e. The van der Waals surface area contributed by atoms with Gasteiger partial charge in [-0.2, -0.15) is 0 Å². The van der Waals surface area contributed by atoms with Crippen LogP contribution in [0.2, 0.25) is 0 Å². The second kappa shape index (κ2) is 7.27. The fraction of sp³-hybridized carbons (Fsp3) is 0.389. The lowest BCUT2D eigenvalue weighted by atomic mass is 9.97. The first kappa shape index (κ1) is 16.3. The summed E-state index contributed by atoms with van der Waals surface area (Å²) in [4.78, 5) is 12.2. The second-order valence-corrected chi connectivity index (χ2v) is 5.63. The Hall–Kier alpha value is -2.07. The van der Waals surface area contributed by atoms with Crippen LogP contribution in [0.25, 0.3) is 10.8 Å². The fourth-order valence-electron chi connectivity index (χ4n) is 2.30. The molecule has 0 bridgehead atoms. The third-order valence-corrected chi connectivity index (χ3v) is 4.04. The van der Waals surface area contributed by atoms with Crippen molar-refractivity contribution in [2.24, 2.45) is 0 Å². The Morgan fingerprint density at radius 2 is 1.82 bits per heavy atom. The molecule has 2 rings (SSSR count). The van der Waals surface area contributed by atoms with Crippen molar-refractivity contribution >= 4 is 16.7 Å². The van der Waals surface area contributed by atoms with E-state index in [1.54, 1.807) is 7.11 Å². The van der Waals surface area contributed by atoms with Crippen molar-refractivity contribution in [1.82, 2.24) is 10.6 Å². The van der Waals surface area contributed by atoms with Crippen LogP contribution >= 0.6 is 0 Å². The maximum absolute atomic E-state index is 12.2. The molecule has 0 heterocycles. The topological polar surface area (TPSA) is 50.4 Å². The van der Waals surface area contributed by atoms with Crippen LogP contribution in [0.4, 0.5) is 0 Å². The lowest BCUT2D eigenvalue weighted by Crippen LogP contribution is -2.38. The molecule has 22 heavy (non-hydrogen) atoms. The van der Waals surface area contributed by atoms with Gasteiger partial charge in [-0.1, -0.05) is 24.3 Å². The third-order valence-electron chi connectivity index (χ3n) is 4.04. The summed E-state index contributed by atoms with van der Waals surface area (Å²) in [6, 6.07) is 12.3. The Morgan fingerprint density at radius 1 is 1.14 bits per heavy atom. The molecule has 4 heteroatoms. The molecule has 2 unspecified atom stereocenters. The van der Waals surface area contributed by atoms with Crippen LogP contribution in [0.1, 0.15) is 25.3 Å². The lowest BCUT2D eigenvalue weighted by molar-refractivity contribution is -0.122. The van der Waals surface area contributed by atoms with Gasteiger partial charge in [0.2, 0.25) is 5.91 Å². The molecule has 0 aliphatic rings. The van der Waals surface area contributed by atoms with Crippen molar-refractivity contribution < 1.29 is 9.53 Å². The van der Waals surface area contributed by atoms with E-state index in [4.69, 9.17) is 4.74 Å². The first-order valence-corrected chi connectivity index (χ1v) is 7.58. The fourth-order valence-corrected chi connectivity index (χ4v) is 2.30. The largest absolute Gasteiger partial charge is 0.497 e. The zero-order valence-corrected chi connectivity index (χ0v) is 13.6. The number of likely N-dealkylation sites (N-methyl/N-ethyl adjacent to an activating group) is 1. The lowest BCUT2D eigenvalue weighted by Gasteiger charge is -2.16. The van der Waals surface area contributed by atoms with Gasteiger partial charge in [-0.3, -0.25) is 4.79 Å². The highest BCUT2D eigenvalue weighted by molar-refractivity contribution is 5.88. The number of hydrogen-bond acceptors (Lipinski definition) is 3. The normalized spacial score (nSPS) is 13.6. The molecule has 0 fully saturated rings. The smallest absolute Gasteiger partial charge is 0.227 e. The molecule has 2 aromatic rings. The number of carbonyl (C=O) groups is 1. The summed E-state index contributed by atoms with van der Waals surface area (Å²) in [5, 5.41) is 8.31. The molecule has 0 aliphatic carbocycles. The SMILES string of the molecule is CNC(C)CNC(=O)C(C)c1ccc2cc(OC)ccc2c1. The predicted octanol–water partition coefficient (Wildman–Crippen LogP) is 2.68. The number of nitrogens with one attached hydrogen (secondary N) is 2. The summed E-state index contributed by atoms with van der Waals surface area (Å²) in [6.07, 6.45) is 0. The summed E-state index contributed by atoms with van der Waals surface area (Å²) < 4.78 is 5.23. The van der Waals surface area contributed by atoms with E-state index in [0.29, 0.717) is 6.54 Å². The number of methoxy groups -OCH3 is 1. The molecule has 4 nitrogen and oxygen atoms in total. The maximum atomic E-state index is 12.2. The van der Waals surface area contributed by atoms with Gasteiger partial charge >= 0.3 is 0 Å². The van der Waals surface area contributed by atoms with Crippen molar-refractivity contribution in [3.8, 4) is 5.75 Å². The van der Waals surface area contributed by atoms with Crippen LogP contribution in [0.3, 0.4) is 0 Å². The van der Waals surface area contributed by atoms with Gasteiger partial charge in [-0.25, -0.2) is 0 Å². The van der Waals surface area contributed by atoms with E-state index in [-0.39, 0.29) is 17.9 Å². The molecule has 0 aliphatic heterocycles. The Kier molecular flexibility index (Phi) is 5.39. The number of amides is 1. The highest BCUT2D eigenvalue weighted by Gasteiger charge is 2.15. The zero-order chi connectivity index (χ0) is 16.1. The molecule has 118 valence electrons. The van der Waals surface area contributed by atoms with Crippen molar-refractivity contribution in [2.75, 3.05) is 20.7 Å². The highest BCUT2D eigenvalue weighted by atomic mass is 16.5. The standard InChI is InChI=1S/C18H24N2O2/c1-12(19-3)11-20-18(21)13(2)14-5-6-16-10-17(22-4)8-7-15(16)9-14/h5-10,12-13,19H,11H2,1-4H3,(H,20,21). The molecular formula is C18H24N2O2. The van der Waals surface area contributed by atoms with Crippen molar-refractivity contribution in [1.29, 1.82) is 0 Å². The average Bonchev–Trinajstić information content (AvgIpc) is 2.57. The van der Waals surface area contributed by atoms with E-state index in [1.807, 2.05) is 51.2 Å². The van der Waals surface area contributed by atoms with Crippen molar-refractivity contribution in [2.45, 2.75) is 25.8 Å². The van der Waals surface area contributed by atoms with Gasteiger partial charge in [0, 0.05) is 12.6 Å². The summed E-state index contributed by atoms with van der Waals surface area (Å²) in [5.41, 5.74) is 1.02. The van der Waals surface area contributed by atoms with Crippen LogP contribution in [-0.4, -0.2) is 32.7 Å². The van der Waals surface area contributed by atoms with Crippen LogP contribution < -0.4 is 15.4 Å². The highest BCUT2D eigenvalue weighted by Crippen LogP contribution is 2.25. The van der Waals surface area contributed by atoms with E-state index in [9.17, 15) is 4.79 Å². The molecule has 2 N–H and O–H groups in total. The van der Waals surface area contributed by atoms with Crippen LogP contribution in [0.15, 0.2) is 36.4 Å². The molecule has 0 spiro atoms. The molecule has 0 saturated heterocycles. The minimum atomic E-state index is -0.171. The number of carbonyl (C=O) groups excluding carboxylic acids is 1. The van der Waals surface area contributed by atoms with Gasteiger partial charge in [0.15, 0.2) is 0 Å². The summed E-state index contributed by atoms with van der Waals surface area (Å²) in [6.45, 7) is 4.60. The van der Waals surface area contributed by atoms with E-state index < -0.39 is 0 Å². The third kappa shape index (κ3) is 3.77. The van der Waals surface area contributed by atoms with Gasteiger partial charge in [-0.05, 0) is 49.4 Å². The Balaban J connectivity index is 2.14. The van der Waals surface area contributed by atoms with Crippen molar-refractivity contribution in [3.63, 3.8) is 0 Å². The van der Waals surface area contributed by atoms with Gasteiger partial charge in [0.1, 0.15) is 5.75 Å². The minimum Gasteiger partial charge on any atom is -0.497 e. The Bertz CT molecular complexity index is 655. The molecule has 1 amide bonds. The molecule has 0 saturated carbocycles. The van der Waals surface area contributed by atoms with Gasteiger partial charge in [0.05, 0.1) is 13.0 Å². The molecule has 2 aromatic carbocycles. The summed E-state index contributed by atoms with van der Waals surface area (Å²) >= 11 is 0. The number of fused-ring (bicyclic) bond motifs is 1. The van der Waals surface area contributed by atoms with E-state index in [1.165, 1.54) is 0 Å². The monoisotopic (exact) mass is 300 g/mol. The number of hydrogen-bond donors (Lipinski definition) is 2. The Morgan fingerprint density at radius 3 is 2.50 bits per heavy atom. The molecule has 2 atom stereocenters. The van der Waals surface area contributed by atoms with E-state index in [0.717, 1.165) is 22.1 Å². The Labute approximate surface area is 131 Å². The van der Waals surface area contributed by atoms with Gasteiger partial charge < -0.3 is 15.4 Å². The molecular weight excluding hydrogens is 276 g/mol. The quantitative estimate of drug-likeness (QED) is 0.862. The predicted molar refractivity (Wildman–Crippen MR) is 90.4 cm³/mol.